The molecular formula is C40H73N2O6P. The molecule has 9 heteroatoms. The van der Waals surface area contributed by atoms with Gasteiger partial charge in [-0.2, -0.15) is 0 Å². The summed E-state index contributed by atoms with van der Waals surface area (Å²) in [6.45, 7) is 4.49. The zero-order valence-corrected chi connectivity index (χ0v) is 32.8. The van der Waals surface area contributed by atoms with Crippen molar-refractivity contribution < 1.29 is 32.9 Å². The lowest BCUT2D eigenvalue weighted by atomic mass is 10.0. The van der Waals surface area contributed by atoms with Gasteiger partial charge in [-0.1, -0.05) is 152 Å². The highest BCUT2D eigenvalue weighted by molar-refractivity contribution is 7.45. The van der Waals surface area contributed by atoms with Crippen molar-refractivity contribution in [3.8, 4) is 0 Å². The van der Waals surface area contributed by atoms with Crippen LogP contribution >= 0.6 is 7.82 Å². The molecule has 1 amide bonds. The molecule has 0 aliphatic heterocycles. The first-order valence-corrected chi connectivity index (χ1v) is 20.6. The number of carbonyl (C=O) groups is 1. The summed E-state index contributed by atoms with van der Waals surface area (Å²) in [5.74, 6) is -0.296. The average Bonchev–Trinajstić information content (AvgIpc) is 3.04. The highest BCUT2D eigenvalue weighted by Gasteiger charge is 2.24. The second-order valence-electron chi connectivity index (χ2n) is 13.9. The molecule has 2 N–H and O–H groups in total. The fraction of sp³-hybridized carbons (Fsp3) is 0.725. The number of aliphatic hydroxyl groups is 1. The lowest BCUT2D eigenvalue weighted by molar-refractivity contribution is -0.870. The van der Waals surface area contributed by atoms with E-state index in [4.69, 9.17) is 9.05 Å². The predicted octanol–water partition coefficient (Wildman–Crippen LogP) is 9.27. The maximum absolute atomic E-state index is 12.7. The number of quaternary nitrogens is 1. The van der Waals surface area contributed by atoms with Gasteiger partial charge < -0.3 is 28.8 Å². The van der Waals surface area contributed by atoms with Gasteiger partial charge in [0.2, 0.25) is 5.91 Å². The number of nitrogens with zero attached hydrogens (tertiary/aromatic N) is 1. The molecular weight excluding hydrogens is 635 g/mol. The Morgan fingerprint density at radius 3 is 1.63 bits per heavy atom. The van der Waals surface area contributed by atoms with E-state index in [1.54, 1.807) is 6.08 Å². The van der Waals surface area contributed by atoms with Crippen molar-refractivity contribution in [1.82, 2.24) is 5.32 Å². The lowest BCUT2D eigenvalue weighted by Gasteiger charge is -2.30. The van der Waals surface area contributed by atoms with Crippen LogP contribution in [0.1, 0.15) is 136 Å². The minimum Gasteiger partial charge on any atom is -0.756 e. The Balaban J connectivity index is 4.65. The molecule has 0 aromatic heterocycles. The summed E-state index contributed by atoms with van der Waals surface area (Å²) in [5, 5.41) is 13.7. The molecule has 0 aromatic rings. The number of allylic oxidation sites excluding steroid dienone is 9. The van der Waals surface area contributed by atoms with Gasteiger partial charge in [-0.05, 0) is 38.5 Å². The number of amides is 1. The Kier molecular flexibility index (Phi) is 31.0. The minimum atomic E-state index is -4.58. The molecule has 0 aromatic carbocycles. The van der Waals surface area contributed by atoms with Crippen molar-refractivity contribution in [2.45, 2.75) is 148 Å². The molecule has 0 fully saturated rings. The van der Waals surface area contributed by atoms with Crippen LogP contribution in [0.15, 0.2) is 60.8 Å². The molecule has 0 aliphatic rings. The Labute approximate surface area is 301 Å². The van der Waals surface area contributed by atoms with Crippen LogP contribution in [0.5, 0.6) is 0 Å². The van der Waals surface area contributed by atoms with E-state index in [1.807, 2.05) is 27.2 Å². The predicted molar refractivity (Wildman–Crippen MR) is 205 cm³/mol. The van der Waals surface area contributed by atoms with Crippen LogP contribution in [0.25, 0.3) is 0 Å². The summed E-state index contributed by atoms with van der Waals surface area (Å²) < 4.78 is 23.1. The second kappa shape index (κ2) is 32.1. The summed E-state index contributed by atoms with van der Waals surface area (Å²) in [7, 11) is 1.24. The van der Waals surface area contributed by atoms with E-state index >= 15 is 0 Å². The van der Waals surface area contributed by atoms with Crippen molar-refractivity contribution in [1.29, 1.82) is 0 Å². The van der Waals surface area contributed by atoms with Gasteiger partial charge in [0.15, 0.2) is 0 Å². The van der Waals surface area contributed by atoms with Crippen molar-refractivity contribution in [3.05, 3.63) is 60.8 Å². The topological polar surface area (TPSA) is 108 Å². The summed E-state index contributed by atoms with van der Waals surface area (Å²) in [6, 6.07) is -0.854. The molecule has 0 aliphatic carbocycles. The quantitative estimate of drug-likeness (QED) is 0.0305. The number of hydrogen-bond donors (Lipinski definition) is 2. The van der Waals surface area contributed by atoms with E-state index in [0.717, 1.165) is 44.9 Å². The number of carbonyl (C=O) groups excluding carboxylic acids is 1. The molecule has 49 heavy (non-hydrogen) atoms. The monoisotopic (exact) mass is 709 g/mol. The van der Waals surface area contributed by atoms with Crippen molar-refractivity contribution in [2.75, 3.05) is 40.9 Å². The highest BCUT2D eigenvalue weighted by Crippen LogP contribution is 2.38. The van der Waals surface area contributed by atoms with Crippen LogP contribution in [0.3, 0.4) is 0 Å². The summed E-state index contributed by atoms with van der Waals surface area (Å²) in [4.78, 5) is 25.1. The van der Waals surface area contributed by atoms with Crippen LogP contribution in [-0.4, -0.2) is 68.5 Å². The van der Waals surface area contributed by atoms with E-state index in [1.165, 1.54) is 57.8 Å². The zero-order chi connectivity index (χ0) is 36.5. The lowest BCUT2D eigenvalue weighted by Crippen LogP contribution is -2.46. The first kappa shape index (κ1) is 47.2. The van der Waals surface area contributed by atoms with Gasteiger partial charge in [-0.15, -0.1) is 0 Å². The Morgan fingerprint density at radius 1 is 0.714 bits per heavy atom. The molecule has 0 bridgehead atoms. The molecule has 0 saturated carbocycles. The van der Waals surface area contributed by atoms with Crippen molar-refractivity contribution in [2.24, 2.45) is 0 Å². The SMILES string of the molecule is CC/C=C\C/C=C\C/C=C\C/C=C\C/C=C\CC(=O)NC(COP(=O)([O-])OCC[N+](C)(C)C)C(O)CCCCCCCCCCCCCC. The maximum atomic E-state index is 12.7. The number of aliphatic hydroxyl groups excluding tert-OH is 1. The average molecular weight is 709 g/mol. The molecule has 3 atom stereocenters. The molecule has 0 spiro atoms. The van der Waals surface area contributed by atoms with Gasteiger partial charge in [-0.25, -0.2) is 0 Å². The van der Waals surface area contributed by atoms with Gasteiger partial charge >= 0.3 is 0 Å². The standard InChI is InChI=1S/C40H73N2O6P/c1-6-8-10-12-14-16-18-20-21-22-24-26-28-30-32-34-40(44)41-38(37-48-49(45,46)47-36-35-42(3,4)5)39(43)33-31-29-27-25-23-19-17-15-13-11-9-7-2/h8,10,14,16,20-21,24,26,30,32,38-39,43H,6-7,9,11-13,15,17-19,22-23,25,27-29,31,33-37H2,1-5H3,(H-,41,44,45,46)/b10-8-,16-14-,21-20-,26-24-,32-30-. The van der Waals surface area contributed by atoms with E-state index in [0.29, 0.717) is 23.9 Å². The summed E-state index contributed by atoms with van der Waals surface area (Å²) in [6.07, 6.45) is 39.6. The number of likely N-dealkylation sites (N-methyl/N-ethyl adjacent to an activating group) is 1. The van der Waals surface area contributed by atoms with Crippen molar-refractivity contribution >= 4 is 13.7 Å². The number of phosphoric ester groups is 1. The molecule has 284 valence electrons. The molecule has 8 nitrogen and oxygen atoms in total. The molecule has 0 heterocycles. The number of hydrogen-bond acceptors (Lipinski definition) is 6. The van der Waals surface area contributed by atoms with Gasteiger partial charge in [0, 0.05) is 6.42 Å². The number of rotatable bonds is 33. The van der Waals surface area contributed by atoms with Crippen molar-refractivity contribution in [3.63, 3.8) is 0 Å². The molecule has 0 saturated heterocycles. The minimum absolute atomic E-state index is 0.00716. The van der Waals surface area contributed by atoms with E-state index in [2.05, 4.69) is 67.8 Å². The maximum Gasteiger partial charge on any atom is 0.268 e. The van der Waals surface area contributed by atoms with Crippen LogP contribution in [0.4, 0.5) is 0 Å². The first-order valence-electron chi connectivity index (χ1n) is 19.1. The number of nitrogens with one attached hydrogen (secondary N) is 1. The summed E-state index contributed by atoms with van der Waals surface area (Å²) >= 11 is 0. The van der Waals surface area contributed by atoms with E-state index in [-0.39, 0.29) is 25.5 Å². The van der Waals surface area contributed by atoms with Gasteiger partial charge in [-0.3, -0.25) is 9.36 Å². The third-order valence-corrected chi connectivity index (χ3v) is 9.01. The Hall–Kier alpha value is -1.80. The number of phosphoric acid groups is 1. The fourth-order valence-electron chi connectivity index (χ4n) is 4.99. The Bertz CT molecular complexity index is 986. The van der Waals surface area contributed by atoms with Crippen LogP contribution in [-0.2, 0) is 18.4 Å². The molecule has 0 rings (SSSR count). The van der Waals surface area contributed by atoms with Gasteiger partial charge in [0.1, 0.15) is 13.2 Å². The van der Waals surface area contributed by atoms with Crippen LogP contribution < -0.4 is 10.2 Å². The molecule has 3 unspecified atom stereocenters. The largest absolute Gasteiger partial charge is 0.756 e. The van der Waals surface area contributed by atoms with Gasteiger partial charge in [0.05, 0.1) is 39.9 Å². The zero-order valence-electron chi connectivity index (χ0n) is 31.9. The van der Waals surface area contributed by atoms with E-state index in [9.17, 15) is 19.4 Å². The number of unbranched alkanes of at least 4 members (excludes halogenated alkanes) is 11. The third kappa shape index (κ3) is 34.4. The van der Waals surface area contributed by atoms with Crippen LogP contribution in [0.2, 0.25) is 0 Å². The first-order chi connectivity index (χ1) is 23.5. The van der Waals surface area contributed by atoms with E-state index < -0.39 is 20.0 Å². The normalized spacial score (nSPS) is 15.3. The smallest absolute Gasteiger partial charge is 0.268 e. The molecule has 0 radical (unpaired) electrons. The van der Waals surface area contributed by atoms with Gasteiger partial charge in [0.25, 0.3) is 7.82 Å². The Morgan fingerprint density at radius 2 is 1.16 bits per heavy atom. The fourth-order valence-corrected chi connectivity index (χ4v) is 5.71. The third-order valence-electron chi connectivity index (χ3n) is 8.05. The van der Waals surface area contributed by atoms with Crippen LogP contribution in [0, 0.1) is 0 Å². The highest BCUT2D eigenvalue weighted by atomic mass is 31.2. The summed E-state index contributed by atoms with van der Waals surface area (Å²) in [5.41, 5.74) is 0. The second-order valence-corrected chi connectivity index (χ2v) is 15.3.